The summed E-state index contributed by atoms with van der Waals surface area (Å²) in [7, 11) is 1.82. The van der Waals surface area contributed by atoms with E-state index < -0.39 is 0 Å². The van der Waals surface area contributed by atoms with Crippen molar-refractivity contribution in [1.29, 1.82) is 0 Å². The van der Waals surface area contributed by atoms with Gasteiger partial charge in [0.2, 0.25) is 0 Å². The molecule has 2 aliphatic rings. The summed E-state index contributed by atoms with van der Waals surface area (Å²) in [5, 5.41) is 3.50. The normalized spacial score (nSPS) is 19.4. The summed E-state index contributed by atoms with van der Waals surface area (Å²) in [6, 6.07) is 8.50. The van der Waals surface area contributed by atoms with Gasteiger partial charge in [0, 0.05) is 65.2 Å². The third-order valence-corrected chi connectivity index (χ3v) is 5.81. The Balaban J connectivity index is 0.00000320. The number of amides is 1. The molecule has 1 aromatic rings. The van der Waals surface area contributed by atoms with Crippen LogP contribution in [0.15, 0.2) is 29.3 Å². The number of guanidine groups is 1. The van der Waals surface area contributed by atoms with Crippen molar-refractivity contribution in [3.05, 3.63) is 29.8 Å². The average Bonchev–Trinajstić information content (AvgIpc) is 3.29. The van der Waals surface area contributed by atoms with Crippen LogP contribution in [0.4, 0.5) is 5.69 Å². The molecule has 1 amide bonds. The number of carbonyl (C=O) groups is 1. The Hall–Kier alpha value is -1.55. The molecule has 2 aliphatic heterocycles. The predicted molar refractivity (Wildman–Crippen MR) is 133 cm³/mol. The Morgan fingerprint density at radius 1 is 1.23 bits per heavy atom. The van der Waals surface area contributed by atoms with Crippen LogP contribution in [0.25, 0.3) is 0 Å². The summed E-state index contributed by atoms with van der Waals surface area (Å²) >= 11 is 0. The van der Waals surface area contributed by atoms with Crippen molar-refractivity contribution < 1.29 is 9.53 Å². The number of nitrogens with one attached hydrogen (secondary N) is 1. The monoisotopic (exact) mass is 529 g/mol. The molecule has 2 fully saturated rings. The van der Waals surface area contributed by atoms with Gasteiger partial charge in [-0.1, -0.05) is 18.2 Å². The molecule has 0 aromatic heterocycles. The minimum atomic E-state index is -0.222. The highest BCUT2D eigenvalue weighted by molar-refractivity contribution is 14.0. The first-order valence-electron chi connectivity index (χ1n) is 10.8. The fourth-order valence-electron chi connectivity index (χ4n) is 4.12. The number of piperazine rings is 1. The molecule has 7 nitrogen and oxygen atoms in total. The first kappa shape index (κ1) is 24.7. The summed E-state index contributed by atoms with van der Waals surface area (Å²) in [5.74, 6) is 1.07. The maximum atomic E-state index is 12.5. The van der Waals surface area contributed by atoms with Crippen molar-refractivity contribution in [2.75, 3.05) is 64.4 Å². The first-order chi connectivity index (χ1) is 14.1. The molecule has 168 valence electrons. The number of benzene rings is 1. The lowest BCUT2D eigenvalue weighted by Crippen LogP contribution is -2.55. The van der Waals surface area contributed by atoms with Crippen molar-refractivity contribution in [2.45, 2.75) is 32.8 Å². The number of anilines is 1. The number of rotatable bonds is 6. The van der Waals surface area contributed by atoms with Crippen LogP contribution < -0.4 is 10.2 Å². The molecule has 1 unspecified atom stereocenters. The van der Waals surface area contributed by atoms with Gasteiger partial charge in [0.05, 0.1) is 0 Å². The highest BCUT2D eigenvalue weighted by atomic mass is 127. The molecule has 0 bridgehead atoms. The molecule has 1 atom stereocenters. The zero-order valence-corrected chi connectivity index (χ0v) is 20.8. The van der Waals surface area contributed by atoms with Crippen LogP contribution in [0, 0.1) is 6.92 Å². The number of nitrogens with zero attached hydrogens (tertiary/aromatic N) is 4. The van der Waals surface area contributed by atoms with E-state index in [1.54, 1.807) is 0 Å². The lowest BCUT2D eigenvalue weighted by molar-refractivity contribution is -0.142. The molecule has 3 rings (SSSR count). The number of para-hydroxylation sites is 1. The average molecular weight is 529 g/mol. The predicted octanol–water partition coefficient (Wildman–Crippen LogP) is 2.34. The van der Waals surface area contributed by atoms with Gasteiger partial charge in [-0.3, -0.25) is 9.79 Å². The van der Waals surface area contributed by atoms with E-state index in [-0.39, 0.29) is 36.0 Å². The third-order valence-electron chi connectivity index (χ3n) is 5.81. The van der Waals surface area contributed by atoms with Gasteiger partial charge in [0.15, 0.2) is 5.96 Å². The molecular formula is C22H36IN5O2. The topological polar surface area (TPSA) is 60.4 Å². The van der Waals surface area contributed by atoms with E-state index >= 15 is 0 Å². The van der Waals surface area contributed by atoms with E-state index in [1.807, 2.05) is 11.9 Å². The maximum Gasteiger partial charge on any atom is 0.251 e. The van der Waals surface area contributed by atoms with Crippen LogP contribution in [-0.2, 0) is 9.53 Å². The molecule has 0 aliphatic carbocycles. The van der Waals surface area contributed by atoms with Crippen molar-refractivity contribution in [2.24, 2.45) is 4.99 Å². The Morgan fingerprint density at radius 2 is 1.93 bits per heavy atom. The van der Waals surface area contributed by atoms with Gasteiger partial charge in [0.25, 0.3) is 5.91 Å². The van der Waals surface area contributed by atoms with Gasteiger partial charge in [-0.15, -0.1) is 24.0 Å². The standard InChI is InChI=1S/C22H35N5O2.HI/c1-4-25(19-9-6-5-8-18(19)2)12-11-24-22(23-3)27-15-13-26(14-16-27)21(28)20-10-7-17-29-20;/h5-6,8-9,20H,4,7,10-17H2,1-3H3,(H,23,24);1H. The highest BCUT2D eigenvalue weighted by Gasteiger charge is 2.30. The summed E-state index contributed by atoms with van der Waals surface area (Å²) in [6.07, 6.45) is 1.63. The Labute approximate surface area is 197 Å². The molecule has 0 radical (unpaired) electrons. The third kappa shape index (κ3) is 6.23. The maximum absolute atomic E-state index is 12.5. The summed E-state index contributed by atoms with van der Waals surface area (Å²) in [5.41, 5.74) is 2.58. The van der Waals surface area contributed by atoms with Crippen molar-refractivity contribution in [3.8, 4) is 0 Å². The fourth-order valence-corrected chi connectivity index (χ4v) is 4.12. The van der Waals surface area contributed by atoms with Gasteiger partial charge >= 0.3 is 0 Å². The van der Waals surface area contributed by atoms with Crippen LogP contribution >= 0.6 is 24.0 Å². The molecule has 30 heavy (non-hydrogen) atoms. The zero-order chi connectivity index (χ0) is 20.6. The Kier molecular flexibility index (Phi) is 10.2. The lowest BCUT2D eigenvalue weighted by Gasteiger charge is -2.37. The Morgan fingerprint density at radius 3 is 2.53 bits per heavy atom. The summed E-state index contributed by atoms with van der Waals surface area (Å²) < 4.78 is 5.55. The largest absolute Gasteiger partial charge is 0.370 e. The van der Waals surface area contributed by atoms with Crippen molar-refractivity contribution in [3.63, 3.8) is 0 Å². The first-order valence-corrected chi connectivity index (χ1v) is 10.8. The van der Waals surface area contributed by atoms with Crippen LogP contribution in [0.2, 0.25) is 0 Å². The molecule has 2 heterocycles. The number of aryl methyl sites for hydroxylation is 1. The molecule has 8 heteroatoms. The molecular weight excluding hydrogens is 493 g/mol. The van der Waals surface area contributed by atoms with Gasteiger partial charge in [-0.05, 0) is 38.3 Å². The second-order valence-corrected chi connectivity index (χ2v) is 7.65. The number of ether oxygens (including phenoxy) is 1. The number of likely N-dealkylation sites (N-methyl/N-ethyl adjacent to an activating group) is 1. The van der Waals surface area contributed by atoms with Crippen LogP contribution in [0.3, 0.4) is 0 Å². The zero-order valence-electron chi connectivity index (χ0n) is 18.5. The van der Waals surface area contributed by atoms with E-state index in [4.69, 9.17) is 4.74 Å². The minimum Gasteiger partial charge on any atom is -0.370 e. The number of hydrogen-bond acceptors (Lipinski definition) is 4. The summed E-state index contributed by atoms with van der Waals surface area (Å²) in [4.78, 5) is 23.5. The van der Waals surface area contributed by atoms with E-state index in [2.05, 4.69) is 58.2 Å². The highest BCUT2D eigenvalue weighted by Crippen LogP contribution is 2.19. The van der Waals surface area contributed by atoms with Crippen molar-refractivity contribution in [1.82, 2.24) is 15.1 Å². The van der Waals surface area contributed by atoms with Gasteiger partial charge < -0.3 is 24.8 Å². The second kappa shape index (κ2) is 12.3. The quantitative estimate of drug-likeness (QED) is 0.349. The van der Waals surface area contributed by atoms with Crippen LogP contribution in [0.1, 0.15) is 25.3 Å². The van der Waals surface area contributed by atoms with Gasteiger partial charge in [-0.25, -0.2) is 0 Å². The molecule has 0 spiro atoms. The number of hydrogen-bond donors (Lipinski definition) is 1. The molecule has 1 N–H and O–H groups in total. The van der Waals surface area contributed by atoms with E-state index in [0.717, 1.165) is 64.6 Å². The van der Waals surface area contributed by atoms with Crippen molar-refractivity contribution >= 4 is 41.5 Å². The number of carbonyl (C=O) groups excluding carboxylic acids is 1. The molecule has 1 aromatic carbocycles. The smallest absolute Gasteiger partial charge is 0.251 e. The number of aliphatic imine (C=N–C) groups is 1. The second-order valence-electron chi connectivity index (χ2n) is 7.65. The van der Waals surface area contributed by atoms with E-state index in [0.29, 0.717) is 6.61 Å². The van der Waals surface area contributed by atoms with Crippen LogP contribution in [0.5, 0.6) is 0 Å². The summed E-state index contributed by atoms with van der Waals surface area (Å²) in [6.45, 7) is 10.8. The van der Waals surface area contributed by atoms with Crippen LogP contribution in [-0.4, -0.2) is 87.2 Å². The molecule has 2 saturated heterocycles. The SMILES string of the molecule is CCN(CCNC(=NC)N1CCN(C(=O)C2CCCO2)CC1)c1ccccc1C.I. The Bertz CT molecular complexity index is 701. The minimum absolute atomic E-state index is 0. The van der Waals surface area contributed by atoms with E-state index in [1.165, 1.54) is 11.3 Å². The lowest BCUT2D eigenvalue weighted by atomic mass is 10.2. The number of halogens is 1. The van der Waals surface area contributed by atoms with Gasteiger partial charge in [0.1, 0.15) is 6.10 Å². The van der Waals surface area contributed by atoms with E-state index in [9.17, 15) is 4.79 Å². The molecule has 0 saturated carbocycles. The fraction of sp³-hybridized carbons (Fsp3) is 0.636. The van der Waals surface area contributed by atoms with Gasteiger partial charge in [-0.2, -0.15) is 0 Å².